The molecule has 0 saturated heterocycles. The Hall–Kier alpha value is -1.90. The van der Waals surface area contributed by atoms with Gasteiger partial charge in [0.05, 0.1) is 11.4 Å². The molecule has 3 heteroatoms. The molecule has 0 aliphatic heterocycles. The first-order valence-corrected chi connectivity index (χ1v) is 6.09. The minimum Gasteiger partial charge on any atom is -0.300 e. The van der Waals surface area contributed by atoms with Crippen LogP contribution in [0.5, 0.6) is 0 Å². The fourth-order valence-corrected chi connectivity index (χ4v) is 1.94. The second-order valence-electron chi connectivity index (χ2n) is 4.83. The highest BCUT2D eigenvalue weighted by Crippen LogP contribution is 2.16. The fraction of sp³-hybridized carbons (Fsp3) is 0.333. The van der Waals surface area contributed by atoms with Gasteiger partial charge >= 0.3 is 0 Å². The lowest BCUT2D eigenvalue weighted by Crippen LogP contribution is -1.96. The number of nitrogens with zero attached hydrogens (tertiary/aromatic N) is 2. The van der Waals surface area contributed by atoms with E-state index in [0.717, 1.165) is 16.9 Å². The van der Waals surface area contributed by atoms with Gasteiger partial charge in [-0.1, -0.05) is 6.07 Å². The number of Topliss-reactive ketones (excluding diaryl/α,β-unsaturated/α-hetero) is 1. The standard InChI is InChI=1S/C15H18N2O/c1-10-5-6-15(7-11(10)2)17-9-14(8-12(3)18)13(4)16-17/h5-7,9H,8H2,1-4H3. The Morgan fingerprint density at radius 1 is 1.22 bits per heavy atom. The summed E-state index contributed by atoms with van der Waals surface area (Å²) in [5.74, 6) is 0.165. The monoisotopic (exact) mass is 242 g/mol. The molecular formula is C15H18N2O. The molecule has 0 fully saturated rings. The number of rotatable bonds is 3. The van der Waals surface area contributed by atoms with Crippen molar-refractivity contribution in [3.8, 4) is 5.69 Å². The summed E-state index contributed by atoms with van der Waals surface area (Å²) in [5, 5.41) is 4.47. The molecule has 1 aromatic carbocycles. The first-order chi connectivity index (χ1) is 8.47. The van der Waals surface area contributed by atoms with Crippen LogP contribution < -0.4 is 0 Å². The third kappa shape index (κ3) is 2.50. The number of aromatic nitrogens is 2. The first kappa shape index (κ1) is 12.6. The number of ketones is 1. The second kappa shape index (κ2) is 4.77. The quantitative estimate of drug-likeness (QED) is 0.829. The van der Waals surface area contributed by atoms with Crippen LogP contribution in [0.4, 0.5) is 0 Å². The van der Waals surface area contributed by atoms with E-state index in [2.05, 4.69) is 31.1 Å². The van der Waals surface area contributed by atoms with Crippen LogP contribution in [0.25, 0.3) is 5.69 Å². The molecular weight excluding hydrogens is 224 g/mol. The van der Waals surface area contributed by atoms with Crippen molar-refractivity contribution in [2.45, 2.75) is 34.1 Å². The lowest BCUT2D eigenvalue weighted by atomic mass is 10.1. The predicted octanol–water partition coefficient (Wildman–Crippen LogP) is 2.93. The zero-order valence-corrected chi connectivity index (χ0v) is 11.3. The summed E-state index contributed by atoms with van der Waals surface area (Å²) in [6.45, 7) is 7.73. The highest BCUT2D eigenvalue weighted by atomic mass is 16.1. The summed E-state index contributed by atoms with van der Waals surface area (Å²) in [7, 11) is 0. The van der Waals surface area contributed by atoms with Crippen molar-refractivity contribution in [3.05, 3.63) is 46.8 Å². The van der Waals surface area contributed by atoms with Gasteiger partial charge in [-0.05, 0) is 51.0 Å². The average Bonchev–Trinajstić information content (AvgIpc) is 2.63. The topological polar surface area (TPSA) is 34.9 Å². The van der Waals surface area contributed by atoms with Crippen LogP contribution in [-0.2, 0) is 11.2 Å². The minimum atomic E-state index is 0.165. The number of hydrogen-bond donors (Lipinski definition) is 0. The number of carbonyl (C=O) groups is 1. The molecule has 0 spiro atoms. The van der Waals surface area contributed by atoms with Gasteiger partial charge in [-0.3, -0.25) is 4.79 Å². The van der Waals surface area contributed by atoms with E-state index in [4.69, 9.17) is 0 Å². The molecule has 2 aromatic rings. The highest BCUT2D eigenvalue weighted by Gasteiger charge is 2.08. The van der Waals surface area contributed by atoms with E-state index in [1.807, 2.05) is 23.9 Å². The average molecular weight is 242 g/mol. The highest BCUT2D eigenvalue weighted by molar-refractivity contribution is 5.78. The smallest absolute Gasteiger partial charge is 0.134 e. The Kier molecular flexibility index (Phi) is 3.32. The maximum Gasteiger partial charge on any atom is 0.134 e. The third-order valence-corrected chi connectivity index (χ3v) is 3.20. The molecule has 0 N–H and O–H groups in total. The summed E-state index contributed by atoms with van der Waals surface area (Å²) in [6, 6.07) is 6.25. The van der Waals surface area contributed by atoms with E-state index < -0.39 is 0 Å². The van der Waals surface area contributed by atoms with Crippen LogP contribution >= 0.6 is 0 Å². The molecule has 0 saturated carbocycles. The molecule has 1 heterocycles. The van der Waals surface area contributed by atoms with Gasteiger partial charge in [-0.25, -0.2) is 4.68 Å². The first-order valence-electron chi connectivity index (χ1n) is 6.09. The molecule has 18 heavy (non-hydrogen) atoms. The van der Waals surface area contributed by atoms with Gasteiger partial charge in [-0.2, -0.15) is 5.10 Å². The number of aryl methyl sites for hydroxylation is 3. The van der Waals surface area contributed by atoms with Gasteiger partial charge in [0.2, 0.25) is 0 Å². The molecule has 0 aliphatic carbocycles. The second-order valence-corrected chi connectivity index (χ2v) is 4.83. The van der Waals surface area contributed by atoms with Crippen LogP contribution in [0.3, 0.4) is 0 Å². The Morgan fingerprint density at radius 2 is 1.94 bits per heavy atom. The van der Waals surface area contributed by atoms with Crippen LogP contribution in [0.15, 0.2) is 24.4 Å². The zero-order valence-electron chi connectivity index (χ0n) is 11.3. The number of hydrogen-bond acceptors (Lipinski definition) is 2. The molecule has 2 rings (SSSR count). The van der Waals surface area contributed by atoms with Crippen LogP contribution in [0.2, 0.25) is 0 Å². The molecule has 0 unspecified atom stereocenters. The molecule has 0 amide bonds. The molecule has 0 atom stereocenters. The van der Waals surface area contributed by atoms with Crippen molar-refractivity contribution in [1.29, 1.82) is 0 Å². The number of carbonyl (C=O) groups excluding carboxylic acids is 1. The lowest BCUT2D eigenvalue weighted by molar-refractivity contribution is -0.116. The SMILES string of the molecule is CC(=O)Cc1cn(-c2ccc(C)c(C)c2)nc1C. The maximum absolute atomic E-state index is 11.2. The summed E-state index contributed by atoms with van der Waals surface area (Å²) in [5.41, 5.74) is 5.47. The van der Waals surface area contributed by atoms with Gasteiger partial charge in [0.15, 0.2) is 0 Å². The van der Waals surface area contributed by atoms with E-state index >= 15 is 0 Å². The van der Waals surface area contributed by atoms with Gasteiger partial charge in [0.25, 0.3) is 0 Å². The van der Waals surface area contributed by atoms with E-state index in [-0.39, 0.29) is 5.78 Å². The maximum atomic E-state index is 11.2. The van der Waals surface area contributed by atoms with Crippen LogP contribution in [0, 0.1) is 20.8 Å². The number of benzene rings is 1. The Morgan fingerprint density at radius 3 is 2.56 bits per heavy atom. The van der Waals surface area contributed by atoms with E-state index in [1.54, 1.807) is 6.92 Å². The fourth-order valence-electron chi connectivity index (χ4n) is 1.94. The summed E-state index contributed by atoms with van der Waals surface area (Å²) in [4.78, 5) is 11.2. The van der Waals surface area contributed by atoms with Gasteiger partial charge < -0.3 is 0 Å². The lowest BCUT2D eigenvalue weighted by Gasteiger charge is -2.04. The normalized spacial score (nSPS) is 10.7. The predicted molar refractivity (Wildman–Crippen MR) is 72.2 cm³/mol. The summed E-state index contributed by atoms with van der Waals surface area (Å²) >= 11 is 0. The minimum absolute atomic E-state index is 0.165. The largest absolute Gasteiger partial charge is 0.300 e. The van der Waals surface area contributed by atoms with Crippen molar-refractivity contribution < 1.29 is 4.79 Å². The van der Waals surface area contributed by atoms with Gasteiger partial charge in [-0.15, -0.1) is 0 Å². The molecule has 94 valence electrons. The van der Waals surface area contributed by atoms with Crippen molar-refractivity contribution in [1.82, 2.24) is 9.78 Å². The van der Waals surface area contributed by atoms with E-state index in [0.29, 0.717) is 6.42 Å². The molecule has 1 aromatic heterocycles. The van der Waals surface area contributed by atoms with Crippen molar-refractivity contribution in [2.75, 3.05) is 0 Å². The molecule has 0 aliphatic rings. The van der Waals surface area contributed by atoms with Gasteiger partial charge in [0.1, 0.15) is 5.78 Å². The Labute approximate surface area is 107 Å². The van der Waals surface area contributed by atoms with Crippen molar-refractivity contribution in [3.63, 3.8) is 0 Å². The third-order valence-electron chi connectivity index (χ3n) is 3.20. The van der Waals surface area contributed by atoms with Crippen molar-refractivity contribution >= 4 is 5.78 Å². The van der Waals surface area contributed by atoms with Gasteiger partial charge in [0, 0.05) is 18.2 Å². The van der Waals surface area contributed by atoms with Crippen LogP contribution in [-0.4, -0.2) is 15.6 Å². The van der Waals surface area contributed by atoms with E-state index in [1.165, 1.54) is 11.1 Å². The zero-order chi connectivity index (χ0) is 13.3. The Balaban J connectivity index is 2.39. The van der Waals surface area contributed by atoms with Crippen molar-refractivity contribution in [2.24, 2.45) is 0 Å². The summed E-state index contributed by atoms with van der Waals surface area (Å²) < 4.78 is 1.85. The molecule has 3 nitrogen and oxygen atoms in total. The van der Waals surface area contributed by atoms with E-state index in [9.17, 15) is 4.79 Å². The Bertz CT molecular complexity index is 597. The summed E-state index contributed by atoms with van der Waals surface area (Å²) in [6.07, 6.45) is 2.40. The molecule has 0 radical (unpaired) electrons. The molecule has 0 bridgehead atoms. The van der Waals surface area contributed by atoms with Crippen LogP contribution in [0.1, 0.15) is 29.3 Å².